The molecule has 0 N–H and O–H groups in total. The number of fused-ring (bicyclic) bond motifs is 1. The van der Waals surface area contributed by atoms with Gasteiger partial charge in [-0.3, -0.25) is 9.69 Å². The number of Topliss-reactive ketones (excluding diaryl/α,β-unsaturated/α-hetero) is 1. The molecule has 36 heavy (non-hydrogen) atoms. The Morgan fingerprint density at radius 3 is 2.36 bits per heavy atom. The van der Waals surface area contributed by atoms with Crippen LogP contribution >= 0.6 is 11.6 Å². The van der Waals surface area contributed by atoms with Crippen LogP contribution in [-0.2, 0) is 24.4 Å². The van der Waals surface area contributed by atoms with Crippen LogP contribution in [0.4, 0.5) is 13.6 Å². The zero-order chi connectivity index (χ0) is 26.0. The van der Waals surface area contributed by atoms with Crippen LogP contribution in [0.1, 0.15) is 60.7 Å². The van der Waals surface area contributed by atoms with Crippen molar-refractivity contribution >= 4 is 23.5 Å². The SMILES string of the molecule is CC(C)(C)OC(=O)N1CCC(C(=O)c2cc(Cl)c3c(c2)CN(Cc2ccc(OC(F)F)cc2)C3)CC1. The van der Waals surface area contributed by atoms with Gasteiger partial charge in [0, 0.05) is 49.2 Å². The van der Waals surface area contributed by atoms with Crippen LogP contribution in [-0.4, -0.2) is 47.0 Å². The van der Waals surface area contributed by atoms with E-state index in [1.54, 1.807) is 23.1 Å². The Balaban J connectivity index is 1.36. The second kappa shape index (κ2) is 10.7. The predicted octanol–water partition coefficient (Wildman–Crippen LogP) is 6.29. The Bertz CT molecular complexity index is 1110. The van der Waals surface area contributed by atoms with Crippen LogP contribution in [0.2, 0.25) is 5.02 Å². The average Bonchev–Trinajstić information content (AvgIpc) is 3.21. The number of hydrogen-bond donors (Lipinski definition) is 0. The first-order valence-electron chi connectivity index (χ1n) is 12.1. The minimum Gasteiger partial charge on any atom is -0.444 e. The third-order valence-electron chi connectivity index (χ3n) is 6.42. The molecule has 1 amide bonds. The van der Waals surface area contributed by atoms with Gasteiger partial charge in [0.1, 0.15) is 11.4 Å². The molecule has 2 heterocycles. The molecule has 0 aromatic heterocycles. The fourth-order valence-corrected chi connectivity index (χ4v) is 5.01. The van der Waals surface area contributed by atoms with E-state index in [0.717, 1.165) is 16.7 Å². The number of halogens is 3. The first-order chi connectivity index (χ1) is 17.0. The van der Waals surface area contributed by atoms with E-state index in [1.807, 2.05) is 26.8 Å². The summed E-state index contributed by atoms with van der Waals surface area (Å²) in [5.74, 6) is 0.0162. The van der Waals surface area contributed by atoms with Crippen molar-refractivity contribution in [2.75, 3.05) is 13.1 Å². The summed E-state index contributed by atoms with van der Waals surface area (Å²) in [6, 6.07) is 10.3. The molecule has 1 saturated heterocycles. The number of alkyl halides is 2. The van der Waals surface area contributed by atoms with Gasteiger partial charge in [0.25, 0.3) is 0 Å². The quantitative estimate of drug-likeness (QED) is 0.419. The molecule has 0 radical (unpaired) electrons. The van der Waals surface area contributed by atoms with Crippen LogP contribution in [0.25, 0.3) is 0 Å². The number of benzene rings is 2. The number of amides is 1. The highest BCUT2D eigenvalue weighted by Gasteiger charge is 2.31. The Kier molecular flexibility index (Phi) is 7.85. The molecule has 194 valence electrons. The maximum atomic E-state index is 13.3. The molecule has 1 fully saturated rings. The van der Waals surface area contributed by atoms with Crippen molar-refractivity contribution in [2.24, 2.45) is 5.92 Å². The molecular formula is C27H31ClF2N2O4. The zero-order valence-corrected chi connectivity index (χ0v) is 21.5. The lowest BCUT2D eigenvalue weighted by Crippen LogP contribution is -2.43. The molecule has 2 aromatic carbocycles. The standard InChI is InChI=1S/C27H31ClF2N2O4/c1-27(2,3)36-26(34)32-10-8-18(9-11-32)24(33)19-12-20-15-31(16-22(20)23(28)13-19)14-17-4-6-21(7-5-17)35-25(29)30/h4-7,12-13,18,25H,8-11,14-16H2,1-3H3. The van der Waals surface area contributed by atoms with Crippen molar-refractivity contribution in [3.63, 3.8) is 0 Å². The van der Waals surface area contributed by atoms with Crippen molar-refractivity contribution in [1.29, 1.82) is 0 Å². The Morgan fingerprint density at radius 2 is 1.75 bits per heavy atom. The first kappa shape index (κ1) is 26.4. The van der Waals surface area contributed by atoms with E-state index >= 15 is 0 Å². The molecule has 0 spiro atoms. The van der Waals surface area contributed by atoms with Gasteiger partial charge in [-0.25, -0.2) is 4.79 Å². The van der Waals surface area contributed by atoms with Crippen LogP contribution in [0.3, 0.4) is 0 Å². The summed E-state index contributed by atoms with van der Waals surface area (Å²) in [4.78, 5) is 29.4. The van der Waals surface area contributed by atoms with Crippen LogP contribution in [0, 0.1) is 5.92 Å². The Morgan fingerprint density at radius 1 is 1.08 bits per heavy atom. The van der Waals surface area contributed by atoms with E-state index in [9.17, 15) is 18.4 Å². The number of piperidine rings is 1. The summed E-state index contributed by atoms with van der Waals surface area (Å²) in [7, 11) is 0. The molecule has 9 heteroatoms. The molecule has 0 atom stereocenters. The van der Waals surface area contributed by atoms with Gasteiger partial charge < -0.3 is 14.4 Å². The number of nitrogens with zero attached hydrogens (tertiary/aromatic N) is 2. The maximum absolute atomic E-state index is 13.3. The lowest BCUT2D eigenvalue weighted by atomic mass is 9.88. The lowest BCUT2D eigenvalue weighted by Gasteiger charge is -2.33. The van der Waals surface area contributed by atoms with Crippen LogP contribution in [0.15, 0.2) is 36.4 Å². The van der Waals surface area contributed by atoms with Crippen molar-refractivity contribution in [3.05, 3.63) is 63.7 Å². The second-order valence-corrected chi connectivity index (χ2v) is 10.8. The van der Waals surface area contributed by atoms with Gasteiger partial charge in [-0.2, -0.15) is 8.78 Å². The van der Waals surface area contributed by atoms with Crippen LogP contribution in [0.5, 0.6) is 5.75 Å². The summed E-state index contributed by atoms with van der Waals surface area (Å²) in [5, 5.41) is 0.574. The second-order valence-electron chi connectivity index (χ2n) is 10.4. The van der Waals surface area contributed by atoms with Crippen molar-refractivity contribution in [1.82, 2.24) is 9.80 Å². The minimum absolute atomic E-state index is 0.0524. The van der Waals surface area contributed by atoms with E-state index in [1.165, 1.54) is 12.1 Å². The fourth-order valence-electron chi connectivity index (χ4n) is 4.71. The highest BCUT2D eigenvalue weighted by atomic mass is 35.5. The molecule has 2 aliphatic rings. The lowest BCUT2D eigenvalue weighted by molar-refractivity contribution is -0.0498. The van der Waals surface area contributed by atoms with E-state index in [2.05, 4.69) is 9.64 Å². The monoisotopic (exact) mass is 520 g/mol. The molecule has 2 aliphatic heterocycles. The van der Waals surface area contributed by atoms with Crippen molar-refractivity contribution in [3.8, 4) is 5.75 Å². The normalized spacial score (nSPS) is 16.8. The molecule has 6 nitrogen and oxygen atoms in total. The van der Waals surface area contributed by atoms with Gasteiger partial charge >= 0.3 is 12.7 Å². The molecule has 4 rings (SSSR count). The summed E-state index contributed by atoms with van der Waals surface area (Å²) < 4.78 is 34.6. The third-order valence-corrected chi connectivity index (χ3v) is 6.76. The molecule has 2 aromatic rings. The van der Waals surface area contributed by atoms with E-state index < -0.39 is 12.2 Å². The summed E-state index contributed by atoms with van der Waals surface area (Å²) in [6.45, 7) is 5.53. The number of ketones is 1. The van der Waals surface area contributed by atoms with Gasteiger partial charge in [-0.15, -0.1) is 0 Å². The Labute approximate surface area is 215 Å². The molecule has 0 bridgehead atoms. The number of hydrogen-bond acceptors (Lipinski definition) is 5. The van der Waals surface area contributed by atoms with Gasteiger partial charge in [0.05, 0.1) is 0 Å². The average molecular weight is 521 g/mol. The topological polar surface area (TPSA) is 59.1 Å². The zero-order valence-electron chi connectivity index (χ0n) is 20.7. The number of carbonyl (C=O) groups is 2. The molecule has 0 unspecified atom stereocenters. The van der Waals surface area contributed by atoms with Crippen molar-refractivity contribution in [2.45, 2.75) is 65.5 Å². The highest BCUT2D eigenvalue weighted by molar-refractivity contribution is 6.32. The Hall–Kier alpha value is -2.71. The smallest absolute Gasteiger partial charge is 0.410 e. The number of likely N-dealkylation sites (tertiary alicyclic amines) is 1. The molecular weight excluding hydrogens is 490 g/mol. The minimum atomic E-state index is -2.85. The van der Waals surface area contributed by atoms with Gasteiger partial charge in [0.15, 0.2) is 5.78 Å². The summed E-state index contributed by atoms with van der Waals surface area (Å²) in [5.41, 5.74) is 3.05. The first-order valence-corrected chi connectivity index (χ1v) is 12.5. The van der Waals surface area contributed by atoms with E-state index in [-0.39, 0.29) is 23.5 Å². The maximum Gasteiger partial charge on any atom is 0.410 e. The van der Waals surface area contributed by atoms with E-state index in [4.69, 9.17) is 16.3 Å². The molecule has 0 saturated carbocycles. The van der Waals surface area contributed by atoms with Gasteiger partial charge in [0.2, 0.25) is 0 Å². The van der Waals surface area contributed by atoms with Crippen LogP contribution < -0.4 is 4.74 Å². The highest BCUT2D eigenvalue weighted by Crippen LogP contribution is 2.33. The molecule has 0 aliphatic carbocycles. The van der Waals surface area contributed by atoms with Crippen molar-refractivity contribution < 1.29 is 27.8 Å². The van der Waals surface area contributed by atoms with E-state index in [0.29, 0.717) is 56.2 Å². The number of rotatable bonds is 6. The van der Waals surface area contributed by atoms with Gasteiger partial charge in [-0.05, 0) is 74.6 Å². The summed E-state index contributed by atoms with van der Waals surface area (Å²) in [6.07, 6.45) is 0.833. The van der Waals surface area contributed by atoms with Gasteiger partial charge in [-0.1, -0.05) is 23.7 Å². The third kappa shape index (κ3) is 6.53. The number of ether oxygens (including phenoxy) is 2. The predicted molar refractivity (Wildman–Crippen MR) is 132 cm³/mol. The summed E-state index contributed by atoms with van der Waals surface area (Å²) >= 11 is 6.59. The number of carbonyl (C=O) groups excluding carboxylic acids is 2. The fraction of sp³-hybridized carbons (Fsp3) is 0.481. The largest absolute Gasteiger partial charge is 0.444 e.